The fourth-order valence-corrected chi connectivity index (χ4v) is 4.13. The van der Waals surface area contributed by atoms with Crippen LogP contribution in [0.15, 0.2) is 84.0 Å². The summed E-state index contributed by atoms with van der Waals surface area (Å²) in [6.07, 6.45) is 0.984. The molecule has 2 aromatic heterocycles. The fourth-order valence-electron chi connectivity index (χ4n) is 4.13. The number of nitrogens with zero attached hydrogens (tertiary/aromatic N) is 3. The smallest absolute Gasteiger partial charge is 0.405 e. The van der Waals surface area contributed by atoms with Gasteiger partial charge < -0.3 is 4.74 Å². The summed E-state index contributed by atoms with van der Waals surface area (Å²) in [4.78, 5) is 17.6. The standard InChI is InChI=1S/C26H17F4N3O2/c27-18-10-8-17(9-11-18)24-23(16-12-14-31-15-13-16)20-5-3-6-21(33(20)32-24)25(34)19-4-1-2-7-22(19)35-26(28,29)30/h1-12,14-16H,13H2. The normalized spacial score (nSPS) is 15.5. The Kier molecular flexibility index (Phi) is 5.68. The van der Waals surface area contributed by atoms with E-state index in [9.17, 15) is 22.4 Å². The quantitative estimate of drug-likeness (QED) is 0.248. The zero-order valence-electron chi connectivity index (χ0n) is 18.0. The molecule has 2 aromatic carbocycles. The van der Waals surface area contributed by atoms with Crippen LogP contribution in [-0.2, 0) is 0 Å². The lowest BCUT2D eigenvalue weighted by molar-refractivity contribution is -0.274. The SMILES string of the molecule is O=C(c1ccccc1OC(F)(F)F)c1cccc2c(C3C=CN=CC3)c(-c3ccc(F)cc3)nn12. The van der Waals surface area contributed by atoms with E-state index in [1.54, 1.807) is 36.7 Å². The molecule has 0 N–H and O–H groups in total. The van der Waals surface area contributed by atoms with E-state index in [-0.39, 0.29) is 17.2 Å². The van der Waals surface area contributed by atoms with Crippen molar-refractivity contribution in [1.82, 2.24) is 9.61 Å². The van der Waals surface area contributed by atoms with Crippen molar-refractivity contribution in [3.05, 3.63) is 102 Å². The van der Waals surface area contributed by atoms with Crippen molar-refractivity contribution in [3.8, 4) is 17.0 Å². The maximum absolute atomic E-state index is 13.6. The number of aromatic nitrogens is 2. The lowest BCUT2D eigenvalue weighted by Crippen LogP contribution is -2.19. The Bertz CT molecular complexity index is 1470. The minimum Gasteiger partial charge on any atom is -0.405 e. The number of carbonyl (C=O) groups is 1. The largest absolute Gasteiger partial charge is 0.573 e. The molecule has 0 radical (unpaired) electrons. The highest BCUT2D eigenvalue weighted by molar-refractivity contribution is 6.10. The summed E-state index contributed by atoms with van der Waals surface area (Å²) in [5, 5.41) is 4.67. The molecule has 0 bridgehead atoms. The summed E-state index contributed by atoms with van der Waals surface area (Å²) in [5.41, 5.74) is 2.39. The molecule has 1 unspecified atom stereocenters. The second kappa shape index (κ2) is 8.83. The molecule has 0 amide bonds. The Morgan fingerprint density at radius 2 is 1.77 bits per heavy atom. The van der Waals surface area contributed by atoms with Gasteiger partial charge in [-0.25, -0.2) is 8.91 Å². The highest BCUT2D eigenvalue weighted by Gasteiger charge is 2.33. The first-order chi connectivity index (χ1) is 16.8. The van der Waals surface area contributed by atoms with Crippen LogP contribution in [0.3, 0.4) is 0 Å². The molecule has 0 saturated heterocycles. The molecule has 176 valence electrons. The number of halogens is 4. The number of ether oxygens (including phenoxy) is 1. The molecule has 1 atom stereocenters. The number of hydrogen-bond acceptors (Lipinski definition) is 4. The van der Waals surface area contributed by atoms with Crippen LogP contribution in [0.5, 0.6) is 5.75 Å². The van der Waals surface area contributed by atoms with E-state index < -0.39 is 23.7 Å². The first-order valence-electron chi connectivity index (χ1n) is 10.7. The second-order valence-electron chi connectivity index (χ2n) is 7.87. The van der Waals surface area contributed by atoms with Crippen LogP contribution < -0.4 is 4.74 Å². The van der Waals surface area contributed by atoms with Crippen molar-refractivity contribution in [3.63, 3.8) is 0 Å². The number of carbonyl (C=O) groups excluding carboxylic acids is 1. The van der Waals surface area contributed by atoms with Crippen molar-refractivity contribution < 1.29 is 27.1 Å². The van der Waals surface area contributed by atoms with Gasteiger partial charge in [0.2, 0.25) is 5.78 Å². The summed E-state index contributed by atoms with van der Waals surface area (Å²) < 4.78 is 57.9. The molecule has 5 rings (SSSR count). The van der Waals surface area contributed by atoms with Crippen molar-refractivity contribution in [1.29, 1.82) is 0 Å². The average molecular weight is 479 g/mol. The highest BCUT2D eigenvalue weighted by atomic mass is 19.4. The summed E-state index contributed by atoms with van der Waals surface area (Å²) in [6, 6.07) is 15.9. The predicted octanol–water partition coefficient (Wildman–Crippen LogP) is 6.34. The molecule has 0 saturated carbocycles. The van der Waals surface area contributed by atoms with Crippen LogP contribution in [0.1, 0.15) is 34.0 Å². The lowest BCUT2D eigenvalue weighted by Gasteiger charge is -2.14. The number of pyridine rings is 1. The molecule has 1 aliphatic heterocycles. The first-order valence-corrected chi connectivity index (χ1v) is 10.7. The zero-order chi connectivity index (χ0) is 24.6. The monoisotopic (exact) mass is 479 g/mol. The lowest BCUT2D eigenvalue weighted by atomic mass is 9.91. The molecule has 5 nitrogen and oxygen atoms in total. The van der Waals surface area contributed by atoms with E-state index >= 15 is 0 Å². The Morgan fingerprint density at radius 3 is 2.49 bits per heavy atom. The first kappa shape index (κ1) is 22.5. The summed E-state index contributed by atoms with van der Waals surface area (Å²) in [6.45, 7) is 0. The third kappa shape index (κ3) is 4.44. The summed E-state index contributed by atoms with van der Waals surface area (Å²) in [7, 11) is 0. The average Bonchev–Trinajstić information content (AvgIpc) is 3.24. The molecular weight excluding hydrogens is 462 g/mol. The number of allylic oxidation sites excluding steroid dienone is 1. The van der Waals surface area contributed by atoms with Gasteiger partial charge in [-0.15, -0.1) is 13.2 Å². The highest BCUT2D eigenvalue weighted by Crippen LogP contribution is 2.37. The third-order valence-corrected chi connectivity index (χ3v) is 5.64. The molecule has 0 aliphatic carbocycles. The third-order valence-electron chi connectivity index (χ3n) is 5.64. The van der Waals surface area contributed by atoms with E-state index in [4.69, 9.17) is 0 Å². The van der Waals surface area contributed by atoms with Crippen molar-refractivity contribution in [2.75, 3.05) is 0 Å². The number of rotatable bonds is 5. The zero-order valence-corrected chi connectivity index (χ0v) is 18.0. The molecule has 0 fully saturated rings. The Hall–Kier alpha value is -4.27. The van der Waals surface area contributed by atoms with Crippen LogP contribution in [0.2, 0.25) is 0 Å². The maximum atomic E-state index is 13.6. The molecule has 35 heavy (non-hydrogen) atoms. The van der Waals surface area contributed by atoms with Gasteiger partial charge in [-0.1, -0.05) is 24.3 Å². The fraction of sp³-hybridized carbons (Fsp3) is 0.115. The minimum absolute atomic E-state index is 0.0591. The van der Waals surface area contributed by atoms with E-state index in [0.717, 1.165) is 11.6 Å². The van der Waals surface area contributed by atoms with E-state index in [1.807, 2.05) is 6.08 Å². The predicted molar refractivity (Wildman–Crippen MR) is 122 cm³/mol. The van der Waals surface area contributed by atoms with Crippen LogP contribution >= 0.6 is 0 Å². The number of fused-ring (bicyclic) bond motifs is 1. The van der Waals surface area contributed by atoms with Gasteiger partial charge in [-0.3, -0.25) is 9.79 Å². The van der Waals surface area contributed by atoms with E-state index in [1.165, 1.54) is 40.9 Å². The van der Waals surface area contributed by atoms with Crippen molar-refractivity contribution >= 4 is 17.5 Å². The minimum atomic E-state index is -4.95. The number of ketones is 1. The molecule has 0 spiro atoms. The maximum Gasteiger partial charge on any atom is 0.573 e. The number of para-hydroxylation sites is 1. The van der Waals surface area contributed by atoms with Gasteiger partial charge >= 0.3 is 6.36 Å². The summed E-state index contributed by atoms with van der Waals surface area (Å²) >= 11 is 0. The van der Waals surface area contributed by atoms with Crippen molar-refractivity contribution in [2.45, 2.75) is 18.7 Å². The molecular formula is C26H17F4N3O2. The Labute approximate surface area is 197 Å². The van der Waals surface area contributed by atoms with Crippen LogP contribution in [0, 0.1) is 5.82 Å². The summed E-state index contributed by atoms with van der Waals surface area (Å²) in [5.74, 6) is -1.80. The number of aliphatic imine (C=N–C) groups is 1. The Balaban J connectivity index is 1.69. The van der Waals surface area contributed by atoms with Crippen molar-refractivity contribution in [2.24, 2.45) is 4.99 Å². The van der Waals surface area contributed by atoms with E-state index in [2.05, 4.69) is 14.8 Å². The molecule has 9 heteroatoms. The number of hydrogen-bond donors (Lipinski definition) is 0. The topological polar surface area (TPSA) is 56.0 Å². The van der Waals surface area contributed by atoms with Gasteiger partial charge in [0.05, 0.1) is 16.8 Å². The number of alkyl halides is 3. The van der Waals surface area contributed by atoms with E-state index in [0.29, 0.717) is 23.2 Å². The molecule has 3 heterocycles. The van der Waals surface area contributed by atoms with Crippen LogP contribution in [0.4, 0.5) is 17.6 Å². The van der Waals surface area contributed by atoms with Gasteiger partial charge in [-0.05, 0) is 55.0 Å². The van der Waals surface area contributed by atoms with Gasteiger partial charge in [0.25, 0.3) is 0 Å². The van der Waals surface area contributed by atoms with Crippen LogP contribution in [0.25, 0.3) is 16.8 Å². The van der Waals surface area contributed by atoms with Gasteiger partial charge in [0.1, 0.15) is 17.3 Å². The Morgan fingerprint density at radius 1 is 1.00 bits per heavy atom. The second-order valence-corrected chi connectivity index (χ2v) is 7.87. The van der Waals surface area contributed by atoms with Gasteiger partial charge in [0, 0.05) is 29.5 Å². The van der Waals surface area contributed by atoms with Gasteiger partial charge in [0.15, 0.2) is 0 Å². The number of benzene rings is 2. The van der Waals surface area contributed by atoms with Crippen LogP contribution in [-0.4, -0.2) is 28.0 Å². The molecule has 1 aliphatic rings. The van der Waals surface area contributed by atoms with Gasteiger partial charge in [-0.2, -0.15) is 5.10 Å². The molecule has 4 aromatic rings.